The minimum absolute atomic E-state index is 0.0182. The van der Waals surface area contributed by atoms with Gasteiger partial charge in [0.2, 0.25) is 5.82 Å². The van der Waals surface area contributed by atoms with Crippen molar-refractivity contribution in [1.82, 2.24) is 20.2 Å². The highest BCUT2D eigenvalue weighted by atomic mass is 16.2. The molecule has 7 nitrogen and oxygen atoms in total. The van der Waals surface area contributed by atoms with Crippen LogP contribution in [0.2, 0.25) is 0 Å². The molecular weight excluding hydrogens is 436 g/mol. The molecule has 2 fully saturated rings. The number of hydrogen-bond acceptors (Lipinski definition) is 5. The van der Waals surface area contributed by atoms with Gasteiger partial charge in [-0.2, -0.15) is 5.26 Å². The van der Waals surface area contributed by atoms with E-state index in [4.69, 9.17) is 5.26 Å². The van der Waals surface area contributed by atoms with Crippen LogP contribution in [-0.2, 0) is 5.54 Å². The maximum Gasteiger partial charge on any atom is 0.322 e. The van der Waals surface area contributed by atoms with Crippen LogP contribution >= 0.6 is 0 Å². The monoisotopic (exact) mass is 474 g/mol. The van der Waals surface area contributed by atoms with E-state index in [9.17, 15) is 4.79 Å². The first-order valence-electron chi connectivity index (χ1n) is 12.9. The third-order valence-corrected chi connectivity index (χ3v) is 8.40. The summed E-state index contributed by atoms with van der Waals surface area (Å²) < 4.78 is 0. The summed E-state index contributed by atoms with van der Waals surface area (Å²) in [4.78, 5) is 25.9. The first-order valence-corrected chi connectivity index (χ1v) is 12.9. The van der Waals surface area contributed by atoms with Gasteiger partial charge in [0.15, 0.2) is 0 Å². The highest BCUT2D eigenvalue weighted by Crippen LogP contribution is 2.49. The Kier molecular flexibility index (Phi) is 7.71. The number of urea groups is 1. The number of nitriles is 1. The van der Waals surface area contributed by atoms with Gasteiger partial charge >= 0.3 is 6.03 Å². The van der Waals surface area contributed by atoms with Gasteiger partial charge in [0.05, 0.1) is 18.1 Å². The van der Waals surface area contributed by atoms with Crippen molar-refractivity contribution in [1.29, 1.82) is 5.26 Å². The van der Waals surface area contributed by atoms with E-state index in [2.05, 4.69) is 71.4 Å². The maximum atomic E-state index is 13.3. The third kappa shape index (κ3) is 5.48. The minimum Gasteiger partial charge on any atom is -0.337 e. The first-order chi connectivity index (χ1) is 16.9. The second-order valence-electron chi connectivity index (χ2n) is 10.7. The topological polar surface area (TPSA) is 85.1 Å². The molecule has 2 amide bonds. The molecule has 186 valence electrons. The lowest BCUT2D eigenvalue weighted by molar-refractivity contribution is 0.0319. The van der Waals surface area contributed by atoms with Crippen LogP contribution in [0.25, 0.3) is 0 Å². The van der Waals surface area contributed by atoms with E-state index in [1.807, 2.05) is 6.07 Å². The van der Waals surface area contributed by atoms with Crippen molar-refractivity contribution >= 4 is 11.7 Å². The Balaban J connectivity index is 1.53. The summed E-state index contributed by atoms with van der Waals surface area (Å²) in [6.45, 7) is 6.81. The van der Waals surface area contributed by atoms with Crippen molar-refractivity contribution in [2.45, 2.75) is 64.3 Å². The Labute approximate surface area is 209 Å². The number of nitrogens with one attached hydrogen (secondary N) is 1. The number of hydrogen-bond donors (Lipinski definition) is 1. The van der Waals surface area contributed by atoms with Gasteiger partial charge < -0.3 is 5.32 Å². The average molecular weight is 475 g/mol. The molecule has 0 unspecified atom stereocenters. The molecule has 2 saturated carbocycles. The van der Waals surface area contributed by atoms with E-state index in [1.54, 1.807) is 17.3 Å². The third-order valence-electron chi connectivity index (χ3n) is 8.40. The van der Waals surface area contributed by atoms with E-state index in [0.29, 0.717) is 24.7 Å². The Morgan fingerprint density at radius 1 is 1.14 bits per heavy atom. The molecule has 2 aromatic rings. The average Bonchev–Trinajstić information content (AvgIpc) is 2.87. The molecule has 0 saturated heterocycles. The zero-order valence-electron chi connectivity index (χ0n) is 21.3. The number of nitrogens with zero attached hydrogens (tertiary/aromatic N) is 5. The van der Waals surface area contributed by atoms with Crippen molar-refractivity contribution in [3.63, 3.8) is 0 Å². The van der Waals surface area contributed by atoms with Crippen molar-refractivity contribution in [3.8, 4) is 6.07 Å². The molecule has 1 aromatic carbocycles. The molecule has 1 N–H and O–H groups in total. The van der Waals surface area contributed by atoms with Gasteiger partial charge in [-0.25, -0.2) is 14.8 Å². The van der Waals surface area contributed by atoms with Crippen molar-refractivity contribution in [3.05, 3.63) is 54.1 Å². The van der Waals surface area contributed by atoms with E-state index in [1.165, 1.54) is 24.8 Å². The maximum absolute atomic E-state index is 13.3. The van der Waals surface area contributed by atoms with Gasteiger partial charge in [0, 0.05) is 18.6 Å². The standard InChI is InChI=1S/C28H38N6O/c1-4-33(3)28(23-11-6-5-7-12-23)15-13-27(2,14-16-28)21-34(24-19-30-25(17-29)31-20-24)26(35)32-18-22-9-8-10-22/h5-7,11-12,19-20,22H,4,8-10,13-16,18,21H2,1-3H3,(H,32,35)/t27-,28-. The van der Waals surface area contributed by atoms with Crippen LogP contribution in [0, 0.1) is 22.7 Å². The molecule has 4 rings (SSSR count). The van der Waals surface area contributed by atoms with Gasteiger partial charge in [-0.05, 0) is 69.0 Å². The van der Waals surface area contributed by atoms with Gasteiger partial charge in [-0.1, -0.05) is 50.6 Å². The molecule has 7 heteroatoms. The van der Waals surface area contributed by atoms with Gasteiger partial charge in [-0.15, -0.1) is 0 Å². The zero-order chi connectivity index (χ0) is 24.9. The van der Waals surface area contributed by atoms with Crippen LogP contribution in [0.1, 0.15) is 70.2 Å². The number of benzene rings is 1. The number of anilines is 1. The summed E-state index contributed by atoms with van der Waals surface area (Å²) >= 11 is 0. The molecule has 2 aliphatic rings. The lowest BCUT2D eigenvalue weighted by Gasteiger charge is -2.50. The van der Waals surface area contributed by atoms with E-state index >= 15 is 0 Å². The summed E-state index contributed by atoms with van der Waals surface area (Å²) in [7, 11) is 2.23. The van der Waals surface area contributed by atoms with Crippen LogP contribution < -0.4 is 10.2 Å². The van der Waals surface area contributed by atoms with Crippen LogP contribution in [0.15, 0.2) is 42.7 Å². The van der Waals surface area contributed by atoms with Gasteiger partial charge in [0.25, 0.3) is 0 Å². The summed E-state index contributed by atoms with van der Waals surface area (Å²) in [6, 6.07) is 12.7. The smallest absolute Gasteiger partial charge is 0.322 e. The normalized spacial score (nSPS) is 24.4. The number of carbonyl (C=O) groups excluding carboxylic acids is 1. The zero-order valence-corrected chi connectivity index (χ0v) is 21.3. The predicted molar refractivity (Wildman–Crippen MR) is 138 cm³/mol. The van der Waals surface area contributed by atoms with Crippen LogP contribution in [0.3, 0.4) is 0 Å². The number of aromatic nitrogens is 2. The summed E-state index contributed by atoms with van der Waals surface area (Å²) in [5.41, 5.74) is 2.00. The number of rotatable bonds is 8. The SMILES string of the molecule is CCN(C)[C@]1(c2ccccc2)CC[C@@](C)(CN(C(=O)NCC2CCC2)c2cnc(C#N)nc2)CC1. The second kappa shape index (κ2) is 10.7. The fourth-order valence-corrected chi connectivity index (χ4v) is 5.57. The summed E-state index contributed by atoms with van der Waals surface area (Å²) in [6.07, 6.45) is 10.9. The first kappa shape index (κ1) is 25.1. The Bertz CT molecular complexity index is 1020. The van der Waals surface area contributed by atoms with Crippen molar-refractivity contribution in [2.24, 2.45) is 11.3 Å². The quantitative estimate of drug-likeness (QED) is 0.576. The molecule has 0 bridgehead atoms. The molecule has 1 heterocycles. The van der Waals surface area contributed by atoms with Crippen LogP contribution in [0.4, 0.5) is 10.5 Å². The number of carbonyl (C=O) groups is 1. The van der Waals surface area contributed by atoms with Gasteiger partial charge in [0.1, 0.15) is 6.07 Å². The molecule has 0 radical (unpaired) electrons. The minimum atomic E-state index is -0.1000. The lowest BCUT2D eigenvalue weighted by Crippen LogP contribution is -2.52. The predicted octanol–water partition coefficient (Wildman–Crippen LogP) is 5.09. The molecule has 2 aliphatic carbocycles. The van der Waals surface area contributed by atoms with Crippen LogP contribution in [-0.4, -0.2) is 47.6 Å². The van der Waals surface area contributed by atoms with E-state index < -0.39 is 0 Å². The highest BCUT2D eigenvalue weighted by molar-refractivity contribution is 5.91. The molecule has 0 atom stereocenters. The Morgan fingerprint density at radius 2 is 1.80 bits per heavy atom. The molecule has 0 aliphatic heterocycles. The number of amides is 2. The molecule has 35 heavy (non-hydrogen) atoms. The second-order valence-corrected chi connectivity index (χ2v) is 10.7. The summed E-state index contributed by atoms with van der Waals surface area (Å²) in [5, 5.41) is 12.2. The Morgan fingerprint density at radius 3 is 2.34 bits per heavy atom. The highest BCUT2D eigenvalue weighted by Gasteiger charge is 2.44. The fraction of sp³-hybridized carbons (Fsp3) is 0.571. The molecule has 1 aromatic heterocycles. The molecular formula is C28H38N6O. The summed E-state index contributed by atoms with van der Waals surface area (Å²) in [5.74, 6) is 0.696. The van der Waals surface area contributed by atoms with Gasteiger partial charge in [-0.3, -0.25) is 9.80 Å². The Hall–Kier alpha value is -2.98. The van der Waals surface area contributed by atoms with Crippen LogP contribution in [0.5, 0.6) is 0 Å². The van der Waals surface area contributed by atoms with Crippen molar-refractivity contribution < 1.29 is 4.79 Å². The fourth-order valence-electron chi connectivity index (χ4n) is 5.57. The lowest BCUT2D eigenvalue weighted by atomic mass is 9.65. The molecule has 0 spiro atoms. The van der Waals surface area contributed by atoms with E-state index in [-0.39, 0.29) is 22.8 Å². The van der Waals surface area contributed by atoms with E-state index in [0.717, 1.165) is 32.2 Å². The van der Waals surface area contributed by atoms with Crippen molar-refractivity contribution in [2.75, 3.05) is 31.6 Å². The largest absolute Gasteiger partial charge is 0.337 e.